The lowest BCUT2D eigenvalue weighted by molar-refractivity contribution is -0.930. The summed E-state index contributed by atoms with van der Waals surface area (Å²) in [5.74, 6) is 0.869. The van der Waals surface area contributed by atoms with Gasteiger partial charge in [0.25, 0.3) is 0 Å². The zero-order chi connectivity index (χ0) is 18.6. The molecule has 2 aromatic carbocycles. The molecule has 1 fully saturated rings. The molecule has 5 nitrogen and oxygen atoms in total. The van der Waals surface area contributed by atoms with Gasteiger partial charge in [0.05, 0.1) is 19.8 Å². The number of halogens is 1. The molecule has 1 saturated heterocycles. The Kier molecular flexibility index (Phi) is 5.69. The topological polar surface area (TPSA) is 36.4 Å². The molecule has 1 aliphatic rings. The average Bonchev–Trinajstić information content (AvgIpc) is 3.00. The highest BCUT2D eigenvalue weighted by atomic mass is 35.5. The highest BCUT2D eigenvalue weighted by Gasteiger charge is 2.19. The molecule has 0 bridgehead atoms. The lowest BCUT2D eigenvalue weighted by Gasteiger charge is -2.23. The number of quaternary nitrogens is 1. The summed E-state index contributed by atoms with van der Waals surface area (Å²) < 4.78 is 10.3. The molecule has 0 aliphatic carbocycles. The Balaban J connectivity index is 1.71. The first-order valence-corrected chi connectivity index (χ1v) is 9.88. The van der Waals surface area contributed by atoms with Gasteiger partial charge in [-0.15, -0.1) is 5.10 Å². The number of nitrogens with one attached hydrogen (secondary N) is 1. The van der Waals surface area contributed by atoms with Gasteiger partial charge in [-0.05, 0) is 42.0 Å². The van der Waals surface area contributed by atoms with E-state index in [1.54, 1.807) is 0 Å². The fourth-order valence-corrected chi connectivity index (χ4v) is 3.68. The third-order valence-corrected chi connectivity index (χ3v) is 5.47. The molecule has 0 spiro atoms. The van der Waals surface area contributed by atoms with E-state index < -0.39 is 0 Å². The standard InChI is InChI=1S/C20H21ClN4OS/c21-18-8-6-17(7-9-18)19-22-25(15-23-10-12-26-13-11-23)20(27)24(19)14-16-4-2-1-3-5-16/h1-9H,10-15H2/p+1. The average molecular weight is 402 g/mol. The predicted molar refractivity (Wildman–Crippen MR) is 109 cm³/mol. The van der Waals surface area contributed by atoms with Gasteiger partial charge < -0.3 is 9.64 Å². The van der Waals surface area contributed by atoms with Gasteiger partial charge in [0.15, 0.2) is 12.5 Å². The van der Waals surface area contributed by atoms with Gasteiger partial charge in [-0.25, -0.2) is 0 Å². The quantitative estimate of drug-likeness (QED) is 0.668. The smallest absolute Gasteiger partial charge is 0.203 e. The van der Waals surface area contributed by atoms with Crippen molar-refractivity contribution in [1.82, 2.24) is 14.3 Å². The molecule has 0 radical (unpaired) electrons. The van der Waals surface area contributed by atoms with Gasteiger partial charge in [-0.3, -0.25) is 4.57 Å². The Labute approximate surface area is 168 Å². The van der Waals surface area contributed by atoms with Gasteiger partial charge >= 0.3 is 0 Å². The molecule has 1 aromatic heterocycles. The second-order valence-corrected chi connectivity index (χ2v) is 7.51. The Morgan fingerprint density at radius 1 is 1.04 bits per heavy atom. The summed E-state index contributed by atoms with van der Waals surface area (Å²) in [5.41, 5.74) is 2.21. The minimum Gasteiger partial charge on any atom is -0.370 e. The maximum absolute atomic E-state index is 6.07. The van der Waals surface area contributed by atoms with E-state index in [0.717, 1.165) is 49.1 Å². The number of nitrogens with zero attached hydrogens (tertiary/aromatic N) is 3. The summed E-state index contributed by atoms with van der Waals surface area (Å²) in [6.07, 6.45) is 0. The molecule has 0 atom stereocenters. The molecule has 7 heteroatoms. The van der Waals surface area contributed by atoms with E-state index in [9.17, 15) is 0 Å². The van der Waals surface area contributed by atoms with Crippen LogP contribution in [0.2, 0.25) is 5.02 Å². The Hall–Kier alpha value is -1.99. The van der Waals surface area contributed by atoms with Crippen molar-refractivity contribution in [2.24, 2.45) is 0 Å². The van der Waals surface area contributed by atoms with Crippen LogP contribution in [-0.4, -0.2) is 40.7 Å². The second-order valence-electron chi connectivity index (χ2n) is 6.70. The van der Waals surface area contributed by atoms with Gasteiger partial charge in [0, 0.05) is 10.6 Å². The van der Waals surface area contributed by atoms with Crippen LogP contribution >= 0.6 is 23.8 Å². The van der Waals surface area contributed by atoms with Crippen molar-refractivity contribution in [1.29, 1.82) is 0 Å². The Bertz CT molecular complexity index is 946. The summed E-state index contributed by atoms with van der Waals surface area (Å²) in [4.78, 5) is 1.43. The van der Waals surface area contributed by atoms with E-state index in [0.29, 0.717) is 11.6 Å². The number of aromatic nitrogens is 3. The summed E-state index contributed by atoms with van der Waals surface area (Å²) in [6.45, 7) is 4.97. The van der Waals surface area contributed by atoms with Crippen molar-refractivity contribution in [2.45, 2.75) is 13.2 Å². The summed E-state index contributed by atoms with van der Waals surface area (Å²) in [6, 6.07) is 18.1. The summed E-state index contributed by atoms with van der Waals surface area (Å²) in [7, 11) is 0. The number of hydrogen-bond acceptors (Lipinski definition) is 3. The molecule has 1 aliphatic heterocycles. The predicted octanol–water partition coefficient (Wildman–Crippen LogP) is 2.66. The van der Waals surface area contributed by atoms with Crippen molar-refractivity contribution in [3.05, 3.63) is 70.0 Å². The van der Waals surface area contributed by atoms with Crippen LogP contribution in [0, 0.1) is 4.77 Å². The maximum Gasteiger partial charge on any atom is 0.203 e. The van der Waals surface area contributed by atoms with Crippen molar-refractivity contribution in [3.63, 3.8) is 0 Å². The first-order chi connectivity index (χ1) is 13.2. The van der Waals surface area contributed by atoms with Crippen molar-refractivity contribution in [3.8, 4) is 11.4 Å². The van der Waals surface area contributed by atoms with Crippen LogP contribution in [0.25, 0.3) is 11.4 Å². The summed E-state index contributed by atoms with van der Waals surface area (Å²) in [5, 5.41) is 5.58. The third-order valence-electron chi connectivity index (χ3n) is 4.78. The number of morpholine rings is 1. The second kappa shape index (κ2) is 8.35. The van der Waals surface area contributed by atoms with E-state index in [2.05, 4.69) is 16.7 Å². The largest absolute Gasteiger partial charge is 0.370 e. The Morgan fingerprint density at radius 2 is 1.74 bits per heavy atom. The summed E-state index contributed by atoms with van der Waals surface area (Å²) >= 11 is 11.9. The van der Waals surface area contributed by atoms with E-state index in [1.165, 1.54) is 10.5 Å². The molecule has 0 amide bonds. The third kappa shape index (κ3) is 4.30. The van der Waals surface area contributed by atoms with E-state index >= 15 is 0 Å². The molecule has 27 heavy (non-hydrogen) atoms. The van der Waals surface area contributed by atoms with Gasteiger partial charge in [0.2, 0.25) is 4.77 Å². The van der Waals surface area contributed by atoms with Crippen LogP contribution < -0.4 is 4.90 Å². The molecule has 1 N–H and O–H groups in total. The van der Waals surface area contributed by atoms with Crippen LogP contribution in [0.3, 0.4) is 0 Å². The molecule has 2 heterocycles. The molecule has 0 unspecified atom stereocenters. The van der Waals surface area contributed by atoms with E-state index in [4.69, 9.17) is 33.7 Å². The molecule has 0 saturated carbocycles. The normalized spacial score (nSPS) is 15.1. The zero-order valence-electron chi connectivity index (χ0n) is 15.0. The van der Waals surface area contributed by atoms with E-state index in [-0.39, 0.29) is 0 Å². The van der Waals surface area contributed by atoms with Gasteiger partial charge in [-0.1, -0.05) is 41.9 Å². The SMILES string of the molecule is S=c1n(C[NH+]2CCOCC2)nc(-c2ccc(Cl)cc2)n1Cc1ccccc1. The first kappa shape index (κ1) is 18.4. The number of benzene rings is 2. The van der Waals surface area contributed by atoms with Crippen LogP contribution in [0.5, 0.6) is 0 Å². The van der Waals surface area contributed by atoms with Gasteiger partial charge in [-0.2, -0.15) is 4.68 Å². The highest BCUT2D eigenvalue weighted by Crippen LogP contribution is 2.21. The van der Waals surface area contributed by atoms with Crippen LogP contribution in [-0.2, 0) is 18.0 Å². The van der Waals surface area contributed by atoms with Crippen LogP contribution in [0.15, 0.2) is 54.6 Å². The van der Waals surface area contributed by atoms with Crippen molar-refractivity contribution >= 4 is 23.8 Å². The number of hydrogen-bond donors (Lipinski definition) is 1. The Morgan fingerprint density at radius 3 is 2.44 bits per heavy atom. The maximum atomic E-state index is 6.07. The molecular formula is C20H22ClN4OS+. The van der Waals surface area contributed by atoms with Crippen LogP contribution in [0.4, 0.5) is 0 Å². The van der Waals surface area contributed by atoms with Crippen LogP contribution in [0.1, 0.15) is 5.56 Å². The monoisotopic (exact) mass is 401 g/mol. The van der Waals surface area contributed by atoms with Gasteiger partial charge in [0.1, 0.15) is 13.1 Å². The number of rotatable bonds is 5. The van der Waals surface area contributed by atoms with Crippen molar-refractivity contribution in [2.75, 3.05) is 26.3 Å². The molecule has 140 valence electrons. The molecule has 3 aromatic rings. The lowest BCUT2D eigenvalue weighted by Crippen LogP contribution is -3.13. The fraction of sp³-hybridized carbons (Fsp3) is 0.300. The fourth-order valence-electron chi connectivity index (χ4n) is 3.30. The zero-order valence-corrected chi connectivity index (χ0v) is 16.5. The van der Waals surface area contributed by atoms with Crippen molar-refractivity contribution < 1.29 is 9.64 Å². The molecule has 4 rings (SSSR count). The highest BCUT2D eigenvalue weighted by molar-refractivity contribution is 7.71. The minimum atomic E-state index is 0.691. The first-order valence-electron chi connectivity index (χ1n) is 9.09. The van der Waals surface area contributed by atoms with E-state index in [1.807, 2.05) is 47.1 Å². The number of ether oxygens (including phenoxy) is 1. The lowest BCUT2D eigenvalue weighted by atomic mass is 10.2. The minimum absolute atomic E-state index is 0.691. The molecular weight excluding hydrogens is 380 g/mol.